The molecular weight excluding hydrogens is 296 g/mol. The lowest BCUT2D eigenvalue weighted by Gasteiger charge is -2.18. The van der Waals surface area contributed by atoms with Gasteiger partial charge in [0.1, 0.15) is 0 Å². The first-order valence-electron chi connectivity index (χ1n) is 6.26. The highest BCUT2D eigenvalue weighted by molar-refractivity contribution is 9.10. The Balaban J connectivity index is 2.15. The second-order valence-electron chi connectivity index (χ2n) is 4.61. The van der Waals surface area contributed by atoms with Crippen LogP contribution in [0.5, 0.6) is 0 Å². The summed E-state index contributed by atoms with van der Waals surface area (Å²) < 4.78 is 1.19. The summed E-state index contributed by atoms with van der Waals surface area (Å²) in [6.07, 6.45) is 2.52. The second kappa shape index (κ2) is 8.25. The van der Waals surface area contributed by atoms with E-state index < -0.39 is 0 Å². The Bertz CT molecular complexity index is 314. The molecule has 1 atom stereocenters. The number of nitrogens with zero attached hydrogens (tertiary/aromatic N) is 1. The summed E-state index contributed by atoms with van der Waals surface area (Å²) in [5.41, 5.74) is 0. The largest absolute Gasteiger partial charge is 0.313 e. The van der Waals surface area contributed by atoms with Crippen molar-refractivity contribution in [2.24, 2.45) is 0 Å². The minimum atomic E-state index is 0.643. The Morgan fingerprint density at radius 3 is 2.88 bits per heavy atom. The first-order valence-corrected chi connectivity index (χ1v) is 7.94. The molecule has 4 heteroatoms. The molecule has 0 aliphatic rings. The van der Waals surface area contributed by atoms with E-state index >= 15 is 0 Å². The molecule has 1 unspecified atom stereocenters. The maximum atomic E-state index is 3.56. The number of halogens is 1. The number of rotatable bonds is 8. The highest BCUT2D eigenvalue weighted by atomic mass is 79.9. The number of hydrogen-bond acceptors (Lipinski definition) is 3. The summed E-state index contributed by atoms with van der Waals surface area (Å²) in [5, 5.41) is 5.70. The number of nitrogens with one attached hydrogen (secondary N) is 1. The SMILES string of the molecule is CCCC(C)NCCN(C)Cc1cc(Br)cs1. The molecule has 1 heterocycles. The topological polar surface area (TPSA) is 15.3 Å². The van der Waals surface area contributed by atoms with E-state index in [2.05, 4.69) is 58.5 Å². The highest BCUT2D eigenvalue weighted by Gasteiger charge is 2.04. The van der Waals surface area contributed by atoms with E-state index in [1.807, 2.05) is 11.3 Å². The van der Waals surface area contributed by atoms with Crippen molar-refractivity contribution >= 4 is 27.3 Å². The van der Waals surface area contributed by atoms with Gasteiger partial charge in [0.05, 0.1) is 0 Å². The Hall–Kier alpha value is 0.1000. The monoisotopic (exact) mass is 318 g/mol. The van der Waals surface area contributed by atoms with Crippen LogP contribution in [-0.4, -0.2) is 31.1 Å². The lowest BCUT2D eigenvalue weighted by atomic mass is 10.2. The number of thiophene rings is 1. The Kier molecular flexibility index (Phi) is 7.35. The van der Waals surface area contributed by atoms with Gasteiger partial charge in [-0.15, -0.1) is 11.3 Å². The lowest BCUT2D eigenvalue weighted by molar-refractivity contribution is 0.319. The third-order valence-corrected chi connectivity index (χ3v) is 4.44. The second-order valence-corrected chi connectivity index (χ2v) is 6.52. The molecule has 1 rings (SSSR count). The third-order valence-electron chi connectivity index (χ3n) is 2.76. The zero-order valence-electron chi connectivity index (χ0n) is 11.0. The van der Waals surface area contributed by atoms with Crippen molar-refractivity contribution in [1.29, 1.82) is 0 Å². The molecule has 0 saturated heterocycles. The molecule has 0 aliphatic carbocycles. The van der Waals surface area contributed by atoms with Crippen LogP contribution < -0.4 is 5.32 Å². The van der Waals surface area contributed by atoms with E-state index in [0.29, 0.717) is 6.04 Å². The van der Waals surface area contributed by atoms with Crippen LogP contribution in [0.4, 0.5) is 0 Å². The van der Waals surface area contributed by atoms with Gasteiger partial charge in [-0.05, 0) is 42.4 Å². The van der Waals surface area contributed by atoms with E-state index in [1.54, 1.807) is 0 Å². The van der Waals surface area contributed by atoms with Crippen molar-refractivity contribution in [3.05, 3.63) is 20.8 Å². The quantitative estimate of drug-likeness (QED) is 0.785. The third kappa shape index (κ3) is 6.55. The predicted molar refractivity (Wildman–Crippen MR) is 80.7 cm³/mol. The van der Waals surface area contributed by atoms with Crippen LogP contribution in [0.1, 0.15) is 31.6 Å². The zero-order chi connectivity index (χ0) is 12.7. The van der Waals surface area contributed by atoms with Gasteiger partial charge in [-0.2, -0.15) is 0 Å². The molecule has 0 bridgehead atoms. The summed E-state index contributed by atoms with van der Waals surface area (Å²) in [6, 6.07) is 2.85. The molecule has 0 saturated carbocycles. The van der Waals surface area contributed by atoms with E-state index in [-0.39, 0.29) is 0 Å². The molecule has 1 aromatic rings. The van der Waals surface area contributed by atoms with Gasteiger partial charge in [0.25, 0.3) is 0 Å². The fraction of sp³-hybridized carbons (Fsp3) is 0.692. The Labute approximate surface area is 118 Å². The van der Waals surface area contributed by atoms with Gasteiger partial charge in [0.15, 0.2) is 0 Å². The molecule has 0 amide bonds. The predicted octanol–water partition coefficient (Wildman–Crippen LogP) is 3.72. The molecule has 1 aromatic heterocycles. The fourth-order valence-corrected chi connectivity index (χ4v) is 3.35. The number of likely N-dealkylation sites (N-methyl/N-ethyl adjacent to an activating group) is 1. The maximum Gasteiger partial charge on any atom is 0.0325 e. The van der Waals surface area contributed by atoms with Crippen molar-refractivity contribution in [3.63, 3.8) is 0 Å². The molecule has 0 radical (unpaired) electrons. The standard InChI is InChI=1S/C13H23BrN2S/c1-4-5-11(2)15-6-7-16(3)9-13-8-12(14)10-17-13/h8,10-11,15H,4-7,9H2,1-3H3. The Morgan fingerprint density at radius 1 is 1.53 bits per heavy atom. The van der Waals surface area contributed by atoms with Gasteiger partial charge in [0.2, 0.25) is 0 Å². The van der Waals surface area contributed by atoms with Crippen LogP contribution in [0.15, 0.2) is 15.9 Å². The first-order chi connectivity index (χ1) is 8.11. The molecule has 0 aromatic carbocycles. The number of hydrogen-bond donors (Lipinski definition) is 1. The molecule has 1 N–H and O–H groups in total. The summed E-state index contributed by atoms with van der Waals surface area (Å²) >= 11 is 5.31. The summed E-state index contributed by atoms with van der Waals surface area (Å²) in [7, 11) is 2.18. The normalized spacial score (nSPS) is 13.2. The summed E-state index contributed by atoms with van der Waals surface area (Å²) in [5.74, 6) is 0. The van der Waals surface area contributed by atoms with Crippen LogP contribution in [0, 0.1) is 0 Å². The molecule has 0 spiro atoms. The minimum absolute atomic E-state index is 0.643. The average Bonchev–Trinajstić information content (AvgIpc) is 2.64. The average molecular weight is 319 g/mol. The zero-order valence-corrected chi connectivity index (χ0v) is 13.4. The van der Waals surface area contributed by atoms with Crippen molar-refractivity contribution < 1.29 is 0 Å². The van der Waals surface area contributed by atoms with Crippen molar-refractivity contribution in [3.8, 4) is 0 Å². The molecule has 0 fully saturated rings. The molecule has 2 nitrogen and oxygen atoms in total. The van der Waals surface area contributed by atoms with E-state index in [4.69, 9.17) is 0 Å². The Morgan fingerprint density at radius 2 is 2.29 bits per heavy atom. The molecular formula is C13H23BrN2S. The molecule has 17 heavy (non-hydrogen) atoms. The minimum Gasteiger partial charge on any atom is -0.313 e. The summed E-state index contributed by atoms with van der Waals surface area (Å²) in [6.45, 7) is 7.72. The first kappa shape index (κ1) is 15.2. The highest BCUT2D eigenvalue weighted by Crippen LogP contribution is 2.20. The fourth-order valence-electron chi connectivity index (χ4n) is 1.82. The van der Waals surface area contributed by atoms with Gasteiger partial charge >= 0.3 is 0 Å². The van der Waals surface area contributed by atoms with E-state index in [0.717, 1.165) is 19.6 Å². The van der Waals surface area contributed by atoms with Crippen LogP contribution in [0.2, 0.25) is 0 Å². The van der Waals surface area contributed by atoms with Gasteiger partial charge < -0.3 is 10.2 Å². The van der Waals surface area contributed by atoms with E-state index in [1.165, 1.54) is 22.2 Å². The van der Waals surface area contributed by atoms with Gasteiger partial charge in [0, 0.05) is 40.4 Å². The van der Waals surface area contributed by atoms with Gasteiger partial charge in [-0.25, -0.2) is 0 Å². The lowest BCUT2D eigenvalue weighted by Crippen LogP contribution is -2.33. The van der Waals surface area contributed by atoms with Crippen molar-refractivity contribution in [2.45, 2.75) is 39.3 Å². The smallest absolute Gasteiger partial charge is 0.0325 e. The molecule has 98 valence electrons. The van der Waals surface area contributed by atoms with Crippen molar-refractivity contribution in [1.82, 2.24) is 10.2 Å². The van der Waals surface area contributed by atoms with Crippen molar-refractivity contribution in [2.75, 3.05) is 20.1 Å². The van der Waals surface area contributed by atoms with Crippen LogP contribution >= 0.6 is 27.3 Å². The van der Waals surface area contributed by atoms with Crippen LogP contribution in [-0.2, 0) is 6.54 Å². The van der Waals surface area contributed by atoms with Gasteiger partial charge in [-0.3, -0.25) is 0 Å². The van der Waals surface area contributed by atoms with E-state index in [9.17, 15) is 0 Å². The maximum absolute atomic E-state index is 3.56. The van der Waals surface area contributed by atoms with Crippen LogP contribution in [0.25, 0.3) is 0 Å². The van der Waals surface area contributed by atoms with Crippen LogP contribution in [0.3, 0.4) is 0 Å². The molecule has 0 aliphatic heterocycles. The van der Waals surface area contributed by atoms with Gasteiger partial charge in [-0.1, -0.05) is 13.3 Å². The summed E-state index contributed by atoms with van der Waals surface area (Å²) in [4.78, 5) is 3.78.